The van der Waals surface area contributed by atoms with Crippen LogP contribution < -0.4 is 12.4 Å². The monoisotopic (exact) mass is 455 g/mol. The summed E-state index contributed by atoms with van der Waals surface area (Å²) in [4.78, 5) is 12.0. The fourth-order valence-electron chi connectivity index (χ4n) is 3.46. The minimum Gasteiger partial charge on any atom is -1.00 e. The normalized spacial score (nSPS) is 11.2. The van der Waals surface area contributed by atoms with E-state index in [-0.39, 0.29) is 18.4 Å². The topological polar surface area (TPSA) is 35.5 Å². The summed E-state index contributed by atoms with van der Waals surface area (Å²) in [5.41, 5.74) is 0.603. The third-order valence-corrected chi connectivity index (χ3v) is 5.52. The summed E-state index contributed by atoms with van der Waals surface area (Å²) in [5.74, 6) is -0.256. The number of unbranched alkanes of at least 4 members (excludes halogenated alkanes) is 11. The lowest BCUT2D eigenvalue weighted by atomic mass is 10.1. The number of rotatable bonds is 19. The summed E-state index contributed by atoms with van der Waals surface area (Å²) in [5, 5.41) is 0. The molecule has 0 aliphatic carbocycles. The molecule has 0 saturated carbocycles. The van der Waals surface area contributed by atoms with E-state index in [0.717, 1.165) is 19.6 Å². The molecule has 0 aromatic heterocycles. The van der Waals surface area contributed by atoms with Gasteiger partial charge in [-0.15, -0.1) is 0 Å². The van der Waals surface area contributed by atoms with Gasteiger partial charge in [-0.1, -0.05) is 95.8 Å². The van der Waals surface area contributed by atoms with Gasteiger partial charge in [-0.25, -0.2) is 4.79 Å². The van der Waals surface area contributed by atoms with Crippen LogP contribution in [0.1, 0.15) is 94.3 Å². The molecule has 0 aliphatic rings. The van der Waals surface area contributed by atoms with E-state index < -0.39 is 0 Å². The standard InChI is InChI=1S/C26H46NO3.ClH/c1-4-5-6-7-8-9-10-11-12-13-14-18-22-29-24-27(2,3)21-23-30-26(28)25-19-16-15-17-20-25;/h15-17,19-20H,4-14,18,21-24H2,1-3H3;1H/q+1;/p-1. The van der Waals surface area contributed by atoms with E-state index in [1.165, 1.54) is 70.6 Å². The highest BCUT2D eigenvalue weighted by molar-refractivity contribution is 5.89. The van der Waals surface area contributed by atoms with Crippen molar-refractivity contribution in [2.45, 2.75) is 84.0 Å². The molecular weight excluding hydrogens is 410 g/mol. The maximum absolute atomic E-state index is 12.0. The molecule has 0 atom stereocenters. The van der Waals surface area contributed by atoms with Gasteiger partial charge >= 0.3 is 5.97 Å². The maximum Gasteiger partial charge on any atom is 0.338 e. The number of nitrogens with zero attached hydrogens (tertiary/aromatic N) is 1. The summed E-state index contributed by atoms with van der Waals surface area (Å²) in [6.07, 6.45) is 16.3. The third-order valence-electron chi connectivity index (χ3n) is 5.52. The average Bonchev–Trinajstić information content (AvgIpc) is 2.74. The number of halogens is 1. The fraction of sp³-hybridized carbons (Fsp3) is 0.731. The van der Waals surface area contributed by atoms with E-state index >= 15 is 0 Å². The molecule has 1 rings (SSSR count). The Balaban J connectivity index is 0.00000900. The first-order chi connectivity index (χ1) is 14.5. The second-order valence-corrected chi connectivity index (χ2v) is 9.09. The van der Waals surface area contributed by atoms with Crippen LogP contribution in [0.25, 0.3) is 0 Å². The van der Waals surface area contributed by atoms with E-state index in [2.05, 4.69) is 21.0 Å². The number of ether oxygens (including phenoxy) is 2. The van der Waals surface area contributed by atoms with Gasteiger partial charge in [0.1, 0.15) is 13.2 Å². The second kappa shape index (κ2) is 19.6. The Labute approximate surface area is 197 Å². The molecule has 0 amide bonds. The van der Waals surface area contributed by atoms with Crippen LogP contribution in [-0.2, 0) is 9.47 Å². The summed E-state index contributed by atoms with van der Waals surface area (Å²) in [6.45, 7) is 4.90. The van der Waals surface area contributed by atoms with Crippen molar-refractivity contribution in [3.05, 3.63) is 35.9 Å². The summed E-state index contributed by atoms with van der Waals surface area (Å²) in [7, 11) is 4.22. The largest absolute Gasteiger partial charge is 1.00 e. The van der Waals surface area contributed by atoms with E-state index in [1.807, 2.05) is 18.2 Å². The van der Waals surface area contributed by atoms with E-state index in [4.69, 9.17) is 9.47 Å². The van der Waals surface area contributed by atoms with Gasteiger partial charge in [0.15, 0.2) is 6.73 Å². The van der Waals surface area contributed by atoms with Crippen LogP contribution in [0.5, 0.6) is 0 Å². The molecule has 4 nitrogen and oxygen atoms in total. The zero-order valence-electron chi connectivity index (χ0n) is 20.3. The van der Waals surface area contributed by atoms with Crippen LogP contribution in [0.4, 0.5) is 0 Å². The predicted molar refractivity (Wildman–Crippen MR) is 126 cm³/mol. The quantitative estimate of drug-likeness (QED) is 0.138. The van der Waals surface area contributed by atoms with Gasteiger partial charge in [0.05, 0.1) is 26.3 Å². The second-order valence-electron chi connectivity index (χ2n) is 9.09. The van der Waals surface area contributed by atoms with Gasteiger partial charge in [0.25, 0.3) is 0 Å². The SMILES string of the molecule is CCCCCCCCCCCCCCOC[N+](C)(C)CCOC(=O)c1ccccc1.[Cl-]. The van der Waals surface area contributed by atoms with Crippen molar-refractivity contribution in [1.29, 1.82) is 0 Å². The van der Waals surface area contributed by atoms with Crippen molar-refractivity contribution in [2.75, 3.05) is 40.6 Å². The van der Waals surface area contributed by atoms with Crippen molar-refractivity contribution in [3.63, 3.8) is 0 Å². The van der Waals surface area contributed by atoms with Crippen LogP contribution in [-0.4, -0.2) is 51.0 Å². The molecular formula is C26H46ClNO3. The molecule has 0 aliphatic heterocycles. The average molecular weight is 456 g/mol. The first kappa shape index (κ1) is 29.9. The minimum absolute atomic E-state index is 0. The lowest BCUT2D eigenvalue weighted by Crippen LogP contribution is -3.00. The van der Waals surface area contributed by atoms with Gasteiger partial charge in [0.2, 0.25) is 0 Å². The molecule has 0 unspecified atom stereocenters. The highest BCUT2D eigenvalue weighted by atomic mass is 35.5. The fourth-order valence-corrected chi connectivity index (χ4v) is 3.46. The lowest BCUT2D eigenvalue weighted by Gasteiger charge is -2.28. The Kier molecular flexibility index (Phi) is 18.9. The summed E-state index contributed by atoms with van der Waals surface area (Å²) in [6, 6.07) is 9.14. The Morgan fingerprint density at radius 1 is 0.774 bits per heavy atom. The van der Waals surface area contributed by atoms with Crippen molar-refractivity contribution in [3.8, 4) is 0 Å². The molecule has 0 fully saturated rings. The minimum atomic E-state index is -0.256. The van der Waals surface area contributed by atoms with Crippen LogP contribution >= 0.6 is 0 Å². The molecule has 31 heavy (non-hydrogen) atoms. The van der Waals surface area contributed by atoms with Gasteiger partial charge in [-0.3, -0.25) is 0 Å². The number of carbonyl (C=O) groups excluding carboxylic acids is 1. The molecule has 0 N–H and O–H groups in total. The first-order valence-corrected chi connectivity index (χ1v) is 12.2. The summed E-state index contributed by atoms with van der Waals surface area (Å²) >= 11 is 0. The van der Waals surface area contributed by atoms with Crippen molar-refractivity contribution >= 4 is 5.97 Å². The molecule has 0 heterocycles. The number of benzene rings is 1. The third kappa shape index (κ3) is 17.2. The van der Waals surface area contributed by atoms with Crippen molar-refractivity contribution < 1.29 is 31.2 Å². The number of esters is 1. The van der Waals surface area contributed by atoms with Crippen LogP contribution in [0, 0.1) is 0 Å². The van der Waals surface area contributed by atoms with Gasteiger partial charge in [-0.05, 0) is 18.6 Å². The molecule has 0 saturated heterocycles. The van der Waals surface area contributed by atoms with Crippen LogP contribution in [0.3, 0.4) is 0 Å². The number of likely N-dealkylation sites (N-methyl/N-ethyl adjacent to an activating group) is 1. The molecule has 5 heteroatoms. The molecule has 1 aromatic rings. The Morgan fingerprint density at radius 2 is 1.29 bits per heavy atom. The Bertz CT molecular complexity index is 537. The lowest BCUT2D eigenvalue weighted by molar-refractivity contribution is -0.909. The first-order valence-electron chi connectivity index (χ1n) is 12.2. The number of quaternary nitrogens is 1. The smallest absolute Gasteiger partial charge is 0.338 e. The maximum atomic E-state index is 12.0. The van der Waals surface area contributed by atoms with Crippen LogP contribution in [0.2, 0.25) is 0 Å². The molecule has 0 bridgehead atoms. The van der Waals surface area contributed by atoms with E-state index in [9.17, 15) is 4.79 Å². The summed E-state index contributed by atoms with van der Waals surface area (Å²) < 4.78 is 11.9. The predicted octanol–water partition coefficient (Wildman–Crippen LogP) is 3.60. The highest BCUT2D eigenvalue weighted by Gasteiger charge is 2.16. The van der Waals surface area contributed by atoms with Crippen molar-refractivity contribution in [2.24, 2.45) is 0 Å². The number of carbonyl (C=O) groups is 1. The molecule has 0 radical (unpaired) electrons. The van der Waals surface area contributed by atoms with Gasteiger partial charge in [-0.2, -0.15) is 0 Å². The number of hydrogen-bond donors (Lipinski definition) is 0. The van der Waals surface area contributed by atoms with Crippen molar-refractivity contribution in [1.82, 2.24) is 0 Å². The Hall–Kier alpha value is -1.10. The molecule has 180 valence electrons. The highest BCUT2D eigenvalue weighted by Crippen LogP contribution is 2.12. The zero-order chi connectivity index (χ0) is 21.9. The van der Waals surface area contributed by atoms with E-state index in [0.29, 0.717) is 23.4 Å². The van der Waals surface area contributed by atoms with Crippen LogP contribution in [0.15, 0.2) is 30.3 Å². The molecule has 0 spiro atoms. The van der Waals surface area contributed by atoms with Gasteiger partial charge in [0, 0.05) is 0 Å². The Morgan fingerprint density at radius 3 is 1.84 bits per heavy atom. The number of hydrogen-bond acceptors (Lipinski definition) is 3. The molecule has 1 aromatic carbocycles. The van der Waals surface area contributed by atoms with Gasteiger partial charge < -0.3 is 26.4 Å². The van der Waals surface area contributed by atoms with E-state index in [1.54, 1.807) is 12.1 Å². The zero-order valence-corrected chi connectivity index (χ0v) is 21.0.